The van der Waals surface area contributed by atoms with Gasteiger partial charge in [-0.3, -0.25) is 14.4 Å². The van der Waals surface area contributed by atoms with Crippen molar-refractivity contribution in [2.24, 2.45) is 5.92 Å². The second kappa shape index (κ2) is 11.7. The first-order valence-electron chi connectivity index (χ1n) is 15.4. The SMILES string of the molecule is COc1ccc(-c2oc3c(c2CC(=O)N[C@@H](C)c2nc4ccccc4[nH]2)C(=O)[C@@]2(Oc4c(Cl)c(OC)cc(OC)c4C2=O)[C@H](C)C3)cc1. The van der Waals surface area contributed by atoms with Crippen molar-refractivity contribution in [3.63, 3.8) is 0 Å². The Morgan fingerprint density at radius 2 is 1.75 bits per heavy atom. The van der Waals surface area contributed by atoms with Crippen molar-refractivity contribution in [2.75, 3.05) is 21.3 Å². The second-order valence-corrected chi connectivity index (χ2v) is 12.3. The summed E-state index contributed by atoms with van der Waals surface area (Å²) in [6.45, 7) is 3.57. The number of halogens is 1. The number of aromatic nitrogens is 2. The Kier molecular flexibility index (Phi) is 7.66. The Balaban J connectivity index is 1.30. The van der Waals surface area contributed by atoms with Gasteiger partial charge < -0.3 is 33.7 Å². The van der Waals surface area contributed by atoms with Gasteiger partial charge in [0.25, 0.3) is 0 Å². The van der Waals surface area contributed by atoms with Crippen molar-refractivity contribution in [1.29, 1.82) is 0 Å². The molecule has 5 aromatic rings. The molecule has 1 aliphatic heterocycles. The van der Waals surface area contributed by atoms with Crippen LogP contribution in [0.5, 0.6) is 23.0 Å². The number of nitrogens with one attached hydrogen (secondary N) is 2. The molecule has 2 aromatic heterocycles. The maximum Gasteiger partial charge on any atom is 0.237 e. The van der Waals surface area contributed by atoms with Gasteiger partial charge in [-0.2, -0.15) is 0 Å². The number of nitrogens with zero attached hydrogens (tertiary/aromatic N) is 1. The molecule has 0 unspecified atom stereocenters. The maximum atomic E-state index is 14.8. The molecule has 0 saturated carbocycles. The van der Waals surface area contributed by atoms with E-state index in [9.17, 15) is 14.4 Å². The summed E-state index contributed by atoms with van der Waals surface area (Å²) >= 11 is 6.62. The van der Waals surface area contributed by atoms with E-state index in [0.717, 1.165) is 11.0 Å². The molecule has 246 valence electrons. The van der Waals surface area contributed by atoms with Gasteiger partial charge in [0.2, 0.25) is 23.1 Å². The predicted octanol–water partition coefficient (Wildman–Crippen LogP) is 6.31. The molecule has 3 atom stereocenters. The molecule has 0 fully saturated rings. The molecule has 1 aliphatic carbocycles. The molecule has 1 amide bonds. The largest absolute Gasteiger partial charge is 0.497 e. The lowest BCUT2D eigenvalue weighted by atomic mass is 9.70. The normalized spacial score (nSPS) is 18.8. The number of imidazole rings is 1. The number of ketones is 2. The minimum atomic E-state index is -1.97. The summed E-state index contributed by atoms with van der Waals surface area (Å²) in [6, 6.07) is 15.7. The van der Waals surface area contributed by atoms with Gasteiger partial charge >= 0.3 is 0 Å². The van der Waals surface area contributed by atoms with E-state index in [4.69, 9.17) is 35.0 Å². The molecule has 7 rings (SSSR count). The van der Waals surface area contributed by atoms with Crippen molar-refractivity contribution >= 4 is 40.1 Å². The molecular weight excluding hydrogens is 638 g/mol. The van der Waals surface area contributed by atoms with E-state index in [2.05, 4.69) is 15.3 Å². The molecule has 1 spiro atoms. The highest BCUT2D eigenvalue weighted by Crippen LogP contribution is 2.54. The number of rotatable bonds is 8. The first-order valence-corrected chi connectivity index (χ1v) is 15.7. The van der Waals surface area contributed by atoms with Gasteiger partial charge in [-0.15, -0.1) is 0 Å². The molecule has 11 nitrogen and oxygen atoms in total. The molecule has 3 aromatic carbocycles. The fourth-order valence-electron chi connectivity index (χ4n) is 6.68. The van der Waals surface area contributed by atoms with Crippen LogP contribution in [0.15, 0.2) is 59.0 Å². The number of benzene rings is 3. The number of H-pyrrole nitrogens is 1. The zero-order valence-corrected chi connectivity index (χ0v) is 27.6. The number of para-hydroxylation sites is 2. The number of carbonyl (C=O) groups excluding carboxylic acids is 3. The Morgan fingerprint density at radius 1 is 1.04 bits per heavy atom. The van der Waals surface area contributed by atoms with Crippen molar-refractivity contribution in [1.82, 2.24) is 15.3 Å². The van der Waals surface area contributed by atoms with Crippen molar-refractivity contribution in [2.45, 2.75) is 38.3 Å². The summed E-state index contributed by atoms with van der Waals surface area (Å²) < 4.78 is 28.9. The summed E-state index contributed by atoms with van der Waals surface area (Å²) in [5.74, 6) is 0.0930. The molecule has 0 saturated heterocycles. The number of ether oxygens (including phenoxy) is 4. The fourth-order valence-corrected chi connectivity index (χ4v) is 6.94. The summed E-state index contributed by atoms with van der Waals surface area (Å²) in [7, 11) is 4.40. The van der Waals surface area contributed by atoms with Gasteiger partial charge in [0.1, 0.15) is 45.2 Å². The Bertz CT molecular complexity index is 2080. The van der Waals surface area contributed by atoms with Gasteiger partial charge in [0.15, 0.2) is 5.75 Å². The first kappa shape index (κ1) is 31.3. The highest BCUT2D eigenvalue weighted by Gasteiger charge is 2.63. The number of hydrogen-bond acceptors (Lipinski definition) is 9. The fraction of sp³-hybridized carbons (Fsp3) is 0.278. The third-order valence-corrected chi connectivity index (χ3v) is 9.49. The van der Waals surface area contributed by atoms with Gasteiger partial charge in [0.05, 0.1) is 50.4 Å². The highest BCUT2D eigenvalue weighted by molar-refractivity contribution is 6.36. The summed E-state index contributed by atoms with van der Waals surface area (Å²) in [6.07, 6.45) is -0.0436. The number of Topliss-reactive ketones (excluding diaryl/α,β-unsaturated/α-hetero) is 2. The third-order valence-electron chi connectivity index (χ3n) is 9.13. The monoisotopic (exact) mass is 669 g/mol. The average Bonchev–Trinajstić information content (AvgIpc) is 3.77. The van der Waals surface area contributed by atoms with Crippen LogP contribution < -0.4 is 24.3 Å². The highest BCUT2D eigenvalue weighted by atomic mass is 35.5. The minimum Gasteiger partial charge on any atom is -0.497 e. The molecule has 2 N–H and O–H groups in total. The van der Waals surface area contributed by atoms with Crippen LogP contribution in [-0.2, 0) is 17.6 Å². The minimum absolute atomic E-state index is 0.0133. The van der Waals surface area contributed by atoms with Crippen LogP contribution in [-0.4, -0.2) is 54.4 Å². The van der Waals surface area contributed by atoms with Crippen LogP contribution in [0.1, 0.15) is 57.8 Å². The second-order valence-electron chi connectivity index (χ2n) is 11.9. The Labute approximate surface area is 280 Å². The molecule has 48 heavy (non-hydrogen) atoms. The number of methoxy groups -OCH3 is 3. The lowest BCUT2D eigenvalue weighted by Gasteiger charge is -2.35. The number of furan rings is 1. The van der Waals surface area contributed by atoms with Crippen LogP contribution >= 0.6 is 11.6 Å². The number of amides is 1. The van der Waals surface area contributed by atoms with E-state index in [0.29, 0.717) is 34.2 Å². The summed E-state index contributed by atoms with van der Waals surface area (Å²) in [5, 5.41) is 3.04. The molecular formula is C36H32ClN3O8. The van der Waals surface area contributed by atoms with E-state index in [1.165, 1.54) is 20.3 Å². The van der Waals surface area contributed by atoms with Crippen molar-refractivity contribution in [3.05, 3.63) is 87.9 Å². The first-order chi connectivity index (χ1) is 23.1. The van der Waals surface area contributed by atoms with Crippen molar-refractivity contribution in [3.8, 4) is 34.3 Å². The molecule has 0 bridgehead atoms. The van der Waals surface area contributed by atoms with Gasteiger partial charge in [-0.05, 0) is 43.3 Å². The van der Waals surface area contributed by atoms with Gasteiger partial charge in [0, 0.05) is 29.5 Å². The lowest BCUT2D eigenvalue weighted by Crippen LogP contribution is -2.56. The molecule has 0 radical (unpaired) electrons. The Hall–Kier alpha value is -5.29. The van der Waals surface area contributed by atoms with Crippen LogP contribution in [0, 0.1) is 5.92 Å². The third kappa shape index (κ3) is 4.71. The lowest BCUT2D eigenvalue weighted by molar-refractivity contribution is -0.121. The Morgan fingerprint density at radius 3 is 2.44 bits per heavy atom. The van der Waals surface area contributed by atoms with E-state index >= 15 is 0 Å². The van der Waals surface area contributed by atoms with Crippen LogP contribution in [0.2, 0.25) is 5.02 Å². The standard InChI is InChI=1S/C36H32ClN3O8/c1-17-14-25-28(33(42)36(17)34(43)29-24(45-4)16-26(46-5)30(37)32(29)48-36)21(31(47-25)19-10-12-20(44-3)13-11-19)15-27(41)38-18(2)35-39-22-8-6-7-9-23(22)40-35/h6-13,16-18H,14-15H2,1-5H3,(H,38,41)(H,39,40)/t17-,18+,36+/m1/s1. The van der Waals surface area contributed by atoms with Gasteiger partial charge in [-0.25, -0.2) is 4.98 Å². The smallest absolute Gasteiger partial charge is 0.237 e. The summed E-state index contributed by atoms with van der Waals surface area (Å²) in [5.41, 5.74) is 0.820. The quantitative estimate of drug-likeness (QED) is 0.182. The van der Waals surface area contributed by atoms with Crippen LogP contribution in [0.3, 0.4) is 0 Å². The number of fused-ring (bicyclic) bond motifs is 3. The number of aromatic amines is 1. The van der Waals surface area contributed by atoms with E-state index < -0.39 is 29.1 Å². The topological polar surface area (TPSA) is 142 Å². The molecule has 2 aliphatic rings. The van der Waals surface area contributed by atoms with Crippen molar-refractivity contribution < 1.29 is 37.7 Å². The molecule has 12 heteroatoms. The number of hydrogen-bond donors (Lipinski definition) is 2. The van der Waals surface area contributed by atoms with Gasteiger partial charge in [-0.1, -0.05) is 30.7 Å². The van der Waals surface area contributed by atoms with E-state index in [1.807, 2.05) is 31.2 Å². The van der Waals surface area contributed by atoms with E-state index in [-0.39, 0.29) is 52.1 Å². The van der Waals surface area contributed by atoms with Crippen LogP contribution in [0.25, 0.3) is 22.4 Å². The maximum absolute atomic E-state index is 14.8. The summed E-state index contributed by atoms with van der Waals surface area (Å²) in [4.78, 5) is 50.7. The zero-order chi connectivity index (χ0) is 33.9. The van der Waals surface area contributed by atoms with Crippen LogP contribution in [0.4, 0.5) is 0 Å². The molecule has 3 heterocycles. The average molecular weight is 670 g/mol. The zero-order valence-electron chi connectivity index (χ0n) is 26.9. The predicted molar refractivity (Wildman–Crippen MR) is 176 cm³/mol. The number of carbonyl (C=O) groups is 3. The van der Waals surface area contributed by atoms with E-state index in [1.54, 1.807) is 38.3 Å².